The molecule has 0 amide bonds. The predicted octanol–water partition coefficient (Wildman–Crippen LogP) is 2.45. The molecule has 118 valence electrons. The maximum Gasteiger partial charge on any atom is 0.241 e. The van der Waals surface area contributed by atoms with E-state index in [4.69, 9.17) is 5.73 Å². The molecule has 1 fully saturated rings. The van der Waals surface area contributed by atoms with Gasteiger partial charge in [-0.25, -0.2) is 17.5 Å². The second-order valence-electron chi connectivity index (χ2n) is 5.81. The topological polar surface area (TPSA) is 72.2 Å². The van der Waals surface area contributed by atoms with Crippen molar-refractivity contribution >= 4 is 10.0 Å². The zero-order valence-corrected chi connectivity index (χ0v) is 13.3. The number of hydrogen-bond acceptors (Lipinski definition) is 3. The van der Waals surface area contributed by atoms with Gasteiger partial charge in [0.05, 0.1) is 4.90 Å². The van der Waals surface area contributed by atoms with E-state index < -0.39 is 15.8 Å². The largest absolute Gasteiger partial charge is 0.326 e. The number of halogens is 1. The number of hydrogen-bond donors (Lipinski definition) is 2. The average Bonchev–Trinajstić information content (AvgIpc) is 3.24. The highest BCUT2D eigenvalue weighted by Gasteiger charge is 2.28. The van der Waals surface area contributed by atoms with Gasteiger partial charge in [-0.15, -0.1) is 0 Å². The normalized spacial score (nSPS) is 17.0. The third-order valence-corrected chi connectivity index (χ3v) is 5.66. The van der Waals surface area contributed by atoms with Crippen molar-refractivity contribution in [3.05, 3.63) is 29.1 Å². The van der Waals surface area contributed by atoms with Crippen LogP contribution < -0.4 is 10.5 Å². The van der Waals surface area contributed by atoms with Crippen LogP contribution in [0.2, 0.25) is 0 Å². The monoisotopic (exact) mass is 314 g/mol. The molecule has 0 radical (unpaired) electrons. The van der Waals surface area contributed by atoms with Gasteiger partial charge in [0.25, 0.3) is 0 Å². The van der Waals surface area contributed by atoms with E-state index in [0.717, 1.165) is 12.8 Å². The van der Waals surface area contributed by atoms with E-state index in [9.17, 15) is 12.8 Å². The van der Waals surface area contributed by atoms with Crippen molar-refractivity contribution in [1.82, 2.24) is 4.72 Å². The van der Waals surface area contributed by atoms with Crippen LogP contribution in [0.15, 0.2) is 17.0 Å². The molecule has 0 aliphatic heterocycles. The SMILES string of the molecule is CCC(CC1CC1)NS(=O)(=O)c1cc(CN)cc(F)c1C. The van der Waals surface area contributed by atoms with Crippen LogP contribution in [-0.2, 0) is 16.6 Å². The predicted molar refractivity (Wildman–Crippen MR) is 80.8 cm³/mol. The Bertz CT molecular complexity index is 612. The van der Waals surface area contributed by atoms with E-state index in [1.807, 2.05) is 6.92 Å². The highest BCUT2D eigenvalue weighted by Crippen LogP contribution is 2.34. The lowest BCUT2D eigenvalue weighted by atomic mass is 10.1. The lowest BCUT2D eigenvalue weighted by Crippen LogP contribution is -2.35. The third-order valence-electron chi connectivity index (χ3n) is 4.01. The Morgan fingerprint density at radius 2 is 2.10 bits per heavy atom. The van der Waals surface area contributed by atoms with Gasteiger partial charge in [-0.1, -0.05) is 19.8 Å². The molecule has 1 aliphatic rings. The smallest absolute Gasteiger partial charge is 0.241 e. The van der Waals surface area contributed by atoms with E-state index >= 15 is 0 Å². The average molecular weight is 314 g/mol. The summed E-state index contributed by atoms with van der Waals surface area (Å²) in [5.74, 6) is 0.0967. The van der Waals surface area contributed by atoms with Crippen LogP contribution in [0.25, 0.3) is 0 Å². The van der Waals surface area contributed by atoms with Crippen molar-refractivity contribution < 1.29 is 12.8 Å². The zero-order valence-electron chi connectivity index (χ0n) is 12.5. The number of nitrogens with two attached hydrogens (primary N) is 1. The van der Waals surface area contributed by atoms with Gasteiger partial charge in [0, 0.05) is 18.2 Å². The highest BCUT2D eigenvalue weighted by atomic mass is 32.2. The summed E-state index contributed by atoms with van der Waals surface area (Å²) >= 11 is 0. The van der Waals surface area contributed by atoms with Crippen LogP contribution in [0, 0.1) is 18.7 Å². The molecule has 0 aromatic heterocycles. The number of rotatable bonds is 7. The van der Waals surface area contributed by atoms with Gasteiger partial charge in [-0.2, -0.15) is 0 Å². The van der Waals surface area contributed by atoms with E-state index in [-0.39, 0.29) is 23.0 Å². The van der Waals surface area contributed by atoms with Crippen molar-refractivity contribution in [3.8, 4) is 0 Å². The Hall–Kier alpha value is -0.980. The molecule has 0 saturated heterocycles. The molecule has 1 atom stereocenters. The van der Waals surface area contributed by atoms with E-state index in [1.165, 1.54) is 31.9 Å². The molecule has 21 heavy (non-hydrogen) atoms. The first-order valence-corrected chi connectivity index (χ1v) is 8.87. The van der Waals surface area contributed by atoms with Crippen LogP contribution in [0.3, 0.4) is 0 Å². The minimum Gasteiger partial charge on any atom is -0.326 e. The zero-order chi connectivity index (χ0) is 15.6. The van der Waals surface area contributed by atoms with E-state index in [2.05, 4.69) is 4.72 Å². The molecule has 1 aromatic rings. The van der Waals surface area contributed by atoms with Gasteiger partial charge in [0.2, 0.25) is 10.0 Å². The molecule has 1 aromatic carbocycles. The molecular formula is C15H23FN2O2S. The summed E-state index contributed by atoms with van der Waals surface area (Å²) in [7, 11) is -3.72. The van der Waals surface area contributed by atoms with Crippen LogP contribution in [0.5, 0.6) is 0 Å². The number of nitrogens with one attached hydrogen (secondary N) is 1. The molecule has 1 saturated carbocycles. The number of sulfonamides is 1. The molecule has 1 aliphatic carbocycles. The Morgan fingerprint density at radius 3 is 2.62 bits per heavy atom. The molecule has 6 heteroatoms. The lowest BCUT2D eigenvalue weighted by Gasteiger charge is -2.18. The third kappa shape index (κ3) is 4.02. The van der Waals surface area contributed by atoms with Gasteiger partial charge in [-0.3, -0.25) is 0 Å². The van der Waals surface area contributed by atoms with Gasteiger partial charge >= 0.3 is 0 Å². The van der Waals surface area contributed by atoms with Gasteiger partial charge < -0.3 is 5.73 Å². The molecular weight excluding hydrogens is 291 g/mol. The molecule has 3 N–H and O–H groups in total. The first-order chi connectivity index (χ1) is 9.87. The standard InChI is InChI=1S/C15H23FN2O2S/c1-3-13(6-11-4-5-11)18-21(19,20)15-8-12(9-17)7-14(16)10(15)2/h7-8,11,13,18H,3-6,9,17H2,1-2H3. The summed E-state index contributed by atoms with van der Waals surface area (Å²) < 4.78 is 41.6. The summed E-state index contributed by atoms with van der Waals surface area (Å²) in [6, 6.07) is 2.66. The van der Waals surface area contributed by atoms with Crippen molar-refractivity contribution in [2.75, 3.05) is 0 Å². The first kappa shape index (κ1) is 16.4. The fraction of sp³-hybridized carbons (Fsp3) is 0.600. The Morgan fingerprint density at radius 1 is 1.43 bits per heavy atom. The van der Waals surface area contributed by atoms with Crippen LogP contribution in [0.4, 0.5) is 4.39 Å². The van der Waals surface area contributed by atoms with Gasteiger partial charge in [0.15, 0.2) is 0 Å². The van der Waals surface area contributed by atoms with Crippen molar-refractivity contribution in [2.24, 2.45) is 11.7 Å². The van der Waals surface area contributed by atoms with Crippen LogP contribution in [-0.4, -0.2) is 14.5 Å². The highest BCUT2D eigenvalue weighted by molar-refractivity contribution is 7.89. The molecule has 2 rings (SSSR count). The van der Waals surface area contributed by atoms with Crippen LogP contribution >= 0.6 is 0 Å². The Labute approximate surface area is 126 Å². The summed E-state index contributed by atoms with van der Waals surface area (Å²) in [6.07, 6.45) is 3.94. The fourth-order valence-electron chi connectivity index (χ4n) is 2.44. The minimum absolute atomic E-state index is 0.00260. The quantitative estimate of drug-likeness (QED) is 0.812. The summed E-state index contributed by atoms with van der Waals surface area (Å²) in [5, 5.41) is 0. The molecule has 0 spiro atoms. The van der Waals surface area contributed by atoms with Gasteiger partial charge in [0.1, 0.15) is 5.82 Å². The second-order valence-corrected chi connectivity index (χ2v) is 7.49. The van der Waals surface area contributed by atoms with Crippen molar-refractivity contribution in [3.63, 3.8) is 0 Å². The van der Waals surface area contributed by atoms with E-state index in [1.54, 1.807) is 0 Å². The minimum atomic E-state index is -3.72. The summed E-state index contributed by atoms with van der Waals surface area (Å²) in [6.45, 7) is 3.55. The lowest BCUT2D eigenvalue weighted by molar-refractivity contribution is 0.494. The Kier molecular flexibility index (Phi) is 5.01. The summed E-state index contributed by atoms with van der Waals surface area (Å²) in [5.41, 5.74) is 6.12. The van der Waals surface area contributed by atoms with E-state index in [0.29, 0.717) is 11.5 Å². The summed E-state index contributed by atoms with van der Waals surface area (Å²) in [4.78, 5) is -0.00260. The molecule has 0 heterocycles. The van der Waals surface area contributed by atoms with Crippen LogP contribution in [0.1, 0.15) is 43.7 Å². The maximum atomic E-state index is 13.8. The molecule has 0 bridgehead atoms. The second kappa shape index (κ2) is 6.42. The van der Waals surface area contributed by atoms with Crippen molar-refractivity contribution in [1.29, 1.82) is 0 Å². The fourth-order valence-corrected chi connectivity index (χ4v) is 4.08. The maximum absolute atomic E-state index is 13.8. The first-order valence-electron chi connectivity index (χ1n) is 7.38. The molecule has 1 unspecified atom stereocenters. The molecule has 4 nitrogen and oxygen atoms in total. The van der Waals surface area contributed by atoms with Gasteiger partial charge in [-0.05, 0) is 43.4 Å². The van der Waals surface area contributed by atoms with Crippen molar-refractivity contribution in [2.45, 2.75) is 57.0 Å². The Balaban J connectivity index is 2.27. The number of benzene rings is 1.